The smallest absolute Gasteiger partial charge is 0.331 e. The average Bonchev–Trinajstić information content (AvgIpc) is 3.14. The summed E-state index contributed by atoms with van der Waals surface area (Å²) in [5, 5.41) is 5.38. The zero-order valence-electron chi connectivity index (χ0n) is 19.0. The molecule has 4 aromatic rings. The Labute approximate surface area is 191 Å². The predicted octanol–water partition coefficient (Wildman–Crippen LogP) is 5.48. The lowest BCUT2D eigenvalue weighted by Gasteiger charge is -2.06. The molecule has 0 amide bonds. The van der Waals surface area contributed by atoms with Crippen molar-refractivity contribution in [2.24, 2.45) is 5.16 Å². The molecule has 1 aromatic heterocycles. The van der Waals surface area contributed by atoms with Gasteiger partial charge in [0.2, 0.25) is 5.78 Å². The lowest BCUT2D eigenvalue weighted by Crippen LogP contribution is -2.11. The molecule has 4 rings (SSSR count). The summed E-state index contributed by atoms with van der Waals surface area (Å²) in [4.78, 5) is 41.6. The van der Waals surface area contributed by atoms with Gasteiger partial charge < -0.3 is 9.40 Å². The van der Waals surface area contributed by atoms with Gasteiger partial charge >= 0.3 is 5.97 Å². The second kappa shape index (κ2) is 8.82. The fourth-order valence-corrected chi connectivity index (χ4v) is 4.09. The van der Waals surface area contributed by atoms with Crippen molar-refractivity contribution in [2.75, 3.05) is 0 Å². The molecule has 0 saturated heterocycles. The first-order valence-electron chi connectivity index (χ1n) is 10.7. The second-order valence-electron chi connectivity index (χ2n) is 7.94. The van der Waals surface area contributed by atoms with Crippen molar-refractivity contribution in [3.63, 3.8) is 0 Å². The maximum absolute atomic E-state index is 13.2. The van der Waals surface area contributed by atoms with E-state index in [2.05, 4.69) is 21.5 Å². The summed E-state index contributed by atoms with van der Waals surface area (Å²) in [7, 11) is 0. The van der Waals surface area contributed by atoms with E-state index in [0.29, 0.717) is 16.7 Å². The SMILES string of the molecule is CCn1c2ccc(C(=O)/C(C)=N\OC(C)=O)cc2c2cc(C(=O)c3ccccc3C)ccc21. The maximum atomic E-state index is 13.2. The Kier molecular flexibility index (Phi) is 5.92. The highest BCUT2D eigenvalue weighted by Gasteiger charge is 2.18. The largest absolute Gasteiger partial charge is 0.341 e. The Bertz CT molecular complexity index is 1460. The minimum absolute atomic E-state index is 0.0380. The van der Waals surface area contributed by atoms with Gasteiger partial charge in [-0.15, -0.1) is 0 Å². The standard InChI is InChI=1S/C27H24N2O4/c1-5-29-24-12-10-19(26(31)17(3)28-33-18(4)30)14-22(24)23-15-20(11-13-25(23)29)27(32)21-9-7-6-8-16(21)2/h6-15H,5H2,1-4H3/b28-17-. The molecule has 0 fully saturated rings. The molecule has 6 nitrogen and oxygen atoms in total. The van der Waals surface area contributed by atoms with Crippen LogP contribution >= 0.6 is 0 Å². The number of oxime groups is 1. The summed E-state index contributed by atoms with van der Waals surface area (Å²) in [6.45, 7) is 7.45. The molecule has 33 heavy (non-hydrogen) atoms. The van der Waals surface area contributed by atoms with Crippen LogP contribution in [-0.2, 0) is 16.2 Å². The average molecular weight is 440 g/mol. The van der Waals surface area contributed by atoms with Crippen LogP contribution in [0.2, 0.25) is 0 Å². The number of benzene rings is 3. The number of ketones is 2. The van der Waals surface area contributed by atoms with Gasteiger partial charge in [0.15, 0.2) is 5.78 Å². The molecule has 6 heteroatoms. The molecule has 3 aromatic carbocycles. The first-order valence-corrected chi connectivity index (χ1v) is 10.7. The quantitative estimate of drug-likeness (QED) is 0.172. The van der Waals surface area contributed by atoms with Crippen LogP contribution < -0.4 is 0 Å². The van der Waals surface area contributed by atoms with E-state index in [9.17, 15) is 14.4 Å². The van der Waals surface area contributed by atoms with Crippen molar-refractivity contribution in [3.05, 3.63) is 82.9 Å². The van der Waals surface area contributed by atoms with E-state index in [0.717, 1.165) is 33.9 Å². The van der Waals surface area contributed by atoms with Gasteiger partial charge in [0.25, 0.3) is 0 Å². The van der Waals surface area contributed by atoms with Gasteiger partial charge in [0, 0.05) is 52.0 Å². The van der Waals surface area contributed by atoms with Gasteiger partial charge in [-0.25, -0.2) is 4.79 Å². The molecule has 0 unspecified atom stereocenters. The Morgan fingerprint density at radius 1 is 0.879 bits per heavy atom. The molecule has 0 saturated carbocycles. The van der Waals surface area contributed by atoms with Crippen LogP contribution in [0, 0.1) is 6.92 Å². The Morgan fingerprint density at radius 3 is 2.09 bits per heavy atom. The highest BCUT2D eigenvalue weighted by molar-refractivity contribution is 6.45. The van der Waals surface area contributed by atoms with E-state index in [-0.39, 0.29) is 17.3 Å². The summed E-state index contributed by atoms with van der Waals surface area (Å²) in [6, 6.07) is 18.7. The van der Waals surface area contributed by atoms with E-state index in [1.807, 2.05) is 55.5 Å². The van der Waals surface area contributed by atoms with Crippen molar-refractivity contribution in [3.8, 4) is 0 Å². The van der Waals surface area contributed by atoms with Crippen LogP contribution in [0.3, 0.4) is 0 Å². The molecule has 166 valence electrons. The summed E-state index contributed by atoms with van der Waals surface area (Å²) >= 11 is 0. The van der Waals surface area contributed by atoms with Crippen LogP contribution in [0.1, 0.15) is 52.6 Å². The molecule has 0 atom stereocenters. The fourth-order valence-electron chi connectivity index (χ4n) is 4.09. The summed E-state index contributed by atoms with van der Waals surface area (Å²) in [5.74, 6) is -0.957. The van der Waals surface area contributed by atoms with Crippen LogP contribution in [0.4, 0.5) is 0 Å². The van der Waals surface area contributed by atoms with Gasteiger partial charge in [-0.1, -0.05) is 29.4 Å². The van der Waals surface area contributed by atoms with Gasteiger partial charge in [-0.3, -0.25) is 9.59 Å². The Morgan fingerprint density at radius 2 is 1.48 bits per heavy atom. The molecular formula is C27H24N2O4. The summed E-state index contributed by atoms with van der Waals surface area (Å²) in [6.07, 6.45) is 0. The molecule has 0 aliphatic heterocycles. The van der Waals surface area contributed by atoms with E-state index in [4.69, 9.17) is 0 Å². The summed E-state index contributed by atoms with van der Waals surface area (Å²) < 4.78 is 2.15. The highest BCUT2D eigenvalue weighted by Crippen LogP contribution is 2.31. The third-order valence-electron chi connectivity index (χ3n) is 5.73. The number of hydrogen-bond acceptors (Lipinski definition) is 5. The minimum atomic E-state index is -0.588. The van der Waals surface area contributed by atoms with Gasteiger partial charge in [-0.2, -0.15) is 0 Å². The van der Waals surface area contributed by atoms with E-state index < -0.39 is 5.97 Å². The number of hydrogen-bond donors (Lipinski definition) is 0. The van der Waals surface area contributed by atoms with Gasteiger partial charge in [0.05, 0.1) is 0 Å². The molecule has 0 aliphatic rings. The Hall–Kier alpha value is -4.06. The van der Waals surface area contributed by atoms with Crippen molar-refractivity contribution in [2.45, 2.75) is 34.2 Å². The van der Waals surface area contributed by atoms with E-state index >= 15 is 0 Å². The lowest BCUT2D eigenvalue weighted by molar-refractivity contribution is -0.140. The Balaban J connectivity index is 1.85. The molecule has 0 N–H and O–H groups in total. The number of fused-ring (bicyclic) bond motifs is 3. The maximum Gasteiger partial charge on any atom is 0.331 e. The first-order chi connectivity index (χ1) is 15.8. The normalized spacial score (nSPS) is 11.7. The number of nitrogens with zero attached hydrogens (tertiary/aromatic N) is 2. The highest BCUT2D eigenvalue weighted by atomic mass is 16.7. The second-order valence-corrected chi connectivity index (χ2v) is 7.94. The molecule has 0 bridgehead atoms. The van der Waals surface area contributed by atoms with Crippen LogP contribution in [-0.4, -0.2) is 27.8 Å². The zero-order chi connectivity index (χ0) is 23.7. The molecular weight excluding hydrogens is 416 g/mol. The van der Waals surface area contributed by atoms with Crippen molar-refractivity contribution >= 4 is 45.1 Å². The minimum Gasteiger partial charge on any atom is -0.341 e. The van der Waals surface area contributed by atoms with Crippen molar-refractivity contribution in [1.29, 1.82) is 0 Å². The van der Waals surface area contributed by atoms with Gasteiger partial charge in [-0.05, 0) is 62.7 Å². The third-order valence-corrected chi connectivity index (χ3v) is 5.73. The number of rotatable bonds is 6. The van der Waals surface area contributed by atoms with E-state index in [1.165, 1.54) is 13.8 Å². The van der Waals surface area contributed by atoms with Crippen molar-refractivity contribution in [1.82, 2.24) is 4.57 Å². The van der Waals surface area contributed by atoms with Gasteiger partial charge in [0.1, 0.15) is 5.71 Å². The fraction of sp³-hybridized carbons (Fsp3) is 0.185. The predicted molar refractivity (Wildman–Crippen MR) is 129 cm³/mol. The van der Waals surface area contributed by atoms with Crippen LogP contribution in [0.25, 0.3) is 21.8 Å². The number of aryl methyl sites for hydroxylation is 2. The topological polar surface area (TPSA) is 77.7 Å². The number of Topliss-reactive ketones (excluding diaryl/α,β-unsaturated/α-hetero) is 1. The van der Waals surface area contributed by atoms with E-state index in [1.54, 1.807) is 12.1 Å². The van der Waals surface area contributed by atoms with Crippen LogP contribution in [0.5, 0.6) is 0 Å². The number of carbonyl (C=O) groups is 3. The molecule has 0 spiro atoms. The monoisotopic (exact) mass is 440 g/mol. The van der Waals surface area contributed by atoms with Crippen molar-refractivity contribution < 1.29 is 19.2 Å². The number of carbonyl (C=O) groups excluding carboxylic acids is 3. The third kappa shape index (κ3) is 4.07. The lowest BCUT2D eigenvalue weighted by atomic mass is 9.97. The summed E-state index contributed by atoms with van der Waals surface area (Å²) in [5.41, 5.74) is 4.67. The van der Waals surface area contributed by atoms with Crippen LogP contribution in [0.15, 0.2) is 65.8 Å². The molecule has 1 heterocycles. The number of aromatic nitrogens is 1. The first kappa shape index (κ1) is 22.1. The molecule has 0 aliphatic carbocycles. The zero-order valence-corrected chi connectivity index (χ0v) is 19.0. The molecule has 0 radical (unpaired) electrons.